The summed E-state index contributed by atoms with van der Waals surface area (Å²) in [5.41, 5.74) is 0.322. The summed E-state index contributed by atoms with van der Waals surface area (Å²) in [5, 5.41) is 12.0. The van der Waals surface area contributed by atoms with Crippen LogP contribution in [-0.4, -0.2) is 10.1 Å². The maximum atomic E-state index is 12.7. The van der Waals surface area contributed by atoms with E-state index in [-0.39, 0.29) is 17.0 Å². The SMILES string of the molecule is O=Nc1c(O)[nH]c2ccc(F)cc12. The molecule has 1 heterocycles. The van der Waals surface area contributed by atoms with Crippen LogP contribution in [0.4, 0.5) is 10.1 Å². The lowest BCUT2D eigenvalue weighted by molar-refractivity contribution is 0.460. The Hall–Kier alpha value is -1.91. The van der Waals surface area contributed by atoms with Gasteiger partial charge >= 0.3 is 0 Å². The molecule has 1 aromatic heterocycles. The van der Waals surface area contributed by atoms with Gasteiger partial charge in [-0.1, -0.05) is 0 Å². The monoisotopic (exact) mass is 180 g/mol. The summed E-state index contributed by atoms with van der Waals surface area (Å²) < 4.78 is 12.7. The van der Waals surface area contributed by atoms with Crippen LogP contribution in [0.5, 0.6) is 5.88 Å². The van der Waals surface area contributed by atoms with Crippen LogP contribution in [0.25, 0.3) is 10.9 Å². The van der Waals surface area contributed by atoms with Gasteiger partial charge in [0, 0.05) is 5.39 Å². The summed E-state index contributed by atoms with van der Waals surface area (Å²) in [5.74, 6) is -0.813. The topological polar surface area (TPSA) is 65.4 Å². The summed E-state index contributed by atoms with van der Waals surface area (Å²) in [6.45, 7) is 0. The maximum Gasteiger partial charge on any atom is 0.219 e. The van der Waals surface area contributed by atoms with Gasteiger partial charge in [-0.15, -0.1) is 4.91 Å². The summed E-state index contributed by atoms with van der Waals surface area (Å²) in [4.78, 5) is 12.8. The summed E-state index contributed by atoms with van der Waals surface area (Å²) >= 11 is 0. The first-order valence-corrected chi connectivity index (χ1v) is 3.56. The van der Waals surface area contributed by atoms with Crippen molar-refractivity contribution in [3.63, 3.8) is 0 Å². The van der Waals surface area contributed by atoms with Crippen molar-refractivity contribution in [2.45, 2.75) is 0 Å². The summed E-state index contributed by atoms with van der Waals surface area (Å²) in [7, 11) is 0. The van der Waals surface area contributed by atoms with E-state index in [1.807, 2.05) is 0 Å². The Kier molecular flexibility index (Phi) is 1.51. The number of hydrogen-bond donors (Lipinski definition) is 2. The lowest BCUT2D eigenvalue weighted by atomic mass is 10.2. The van der Waals surface area contributed by atoms with Crippen LogP contribution < -0.4 is 0 Å². The molecule has 0 saturated heterocycles. The molecule has 0 radical (unpaired) electrons. The van der Waals surface area contributed by atoms with Gasteiger partial charge in [0.05, 0.1) is 5.52 Å². The second-order valence-electron chi connectivity index (χ2n) is 2.60. The second kappa shape index (κ2) is 2.55. The number of aromatic amines is 1. The lowest BCUT2D eigenvalue weighted by Crippen LogP contribution is -1.71. The number of aromatic hydroxyl groups is 1. The fourth-order valence-corrected chi connectivity index (χ4v) is 1.23. The fraction of sp³-hybridized carbons (Fsp3) is 0. The van der Waals surface area contributed by atoms with Crippen molar-refractivity contribution < 1.29 is 9.50 Å². The third kappa shape index (κ3) is 1.05. The number of H-pyrrole nitrogens is 1. The van der Waals surface area contributed by atoms with Gasteiger partial charge in [0.15, 0.2) is 5.69 Å². The van der Waals surface area contributed by atoms with E-state index in [9.17, 15) is 9.30 Å². The molecule has 66 valence electrons. The van der Waals surface area contributed by atoms with Crippen molar-refractivity contribution >= 4 is 16.6 Å². The van der Waals surface area contributed by atoms with Crippen molar-refractivity contribution in [2.24, 2.45) is 5.18 Å². The van der Waals surface area contributed by atoms with Crippen molar-refractivity contribution in [1.82, 2.24) is 4.98 Å². The number of fused-ring (bicyclic) bond motifs is 1. The molecular formula is C8H5FN2O2. The molecular weight excluding hydrogens is 175 g/mol. The minimum Gasteiger partial charge on any atom is -0.493 e. The van der Waals surface area contributed by atoms with Crippen molar-refractivity contribution in [2.75, 3.05) is 0 Å². The number of nitrogens with one attached hydrogen (secondary N) is 1. The zero-order valence-corrected chi connectivity index (χ0v) is 6.41. The number of nitrogens with zero attached hydrogens (tertiary/aromatic N) is 1. The third-order valence-corrected chi connectivity index (χ3v) is 1.81. The largest absolute Gasteiger partial charge is 0.493 e. The van der Waals surface area contributed by atoms with E-state index in [1.54, 1.807) is 0 Å². The Bertz CT molecular complexity index is 478. The molecule has 2 aromatic rings. The second-order valence-corrected chi connectivity index (χ2v) is 2.60. The first kappa shape index (κ1) is 7.72. The third-order valence-electron chi connectivity index (χ3n) is 1.81. The highest BCUT2D eigenvalue weighted by Gasteiger charge is 2.11. The van der Waals surface area contributed by atoms with Crippen LogP contribution in [0.15, 0.2) is 23.4 Å². The number of rotatable bonds is 1. The smallest absolute Gasteiger partial charge is 0.219 e. The molecule has 2 rings (SSSR count). The Morgan fingerprint density at radius 2 is 2.23 bits per heavy atom. The van der Waals surface area contributed by atoms with E-state index in [0.29, 0.717) is 5.52 Å². The van der Waals surface area contributed by atoms with Crippen molar-refractivity contribution in [3.8, 4) is 5.88 Å². The van der Waals surface area contributed by atoms with E-state index < -0.39 is 5.82 Å². The van der Waals surface area contributed by atoms with E-state index in [1.165, 1.54) is 12.1 Å². The number of nitroso groups, excluding NO2 is 1. The molecule has 0 aliphatic carbocycles. The van der Waals surface area contributed by atoms with E-state index in [2.05, 4.69) is 10.2 Å². The van der Waals surface area contributed by atoms with Gasteiger partial charge in [0.2, 0.25) is 5.88 Å². The molecule has 13 heavy (non-hydrogen) atoms. The van der Waals surface area contributed by atoms with Gasteiger partial charge in [0.25, 0.3) is 0 Å². The zero-order valence-electron chi connectivity index (χ0n) is 6.41. The first-order chi connectivity index (χ1) is 6.22. The van der Waals surface area contributed by atoms with Crippen molar-refractivity contribution in [3.05, 3.63) is 28.9 Å². The van der Waals surface area contributed by atoms with Crippen LogP contribution in [-0.2, 0) is 0 Å². The Labute approximate surface area is 72.0 Å². The van der Waals surface area contributed by atoms with Gasteiger partial charge in [-0.25, -0.2) is 4.39 Å². The molecule has 0 saturated carbocycles. The van der Waals surface area contributed by atoms with Crippen LogP contribution in [0.2, 0.25) is 0 Å². The lowest BCUT2D eigenvalue weighted by Gasteiger charge is -1.88. The first-order valence-electron chi connectivity index (χ1n) is 3.56. The van der Waals surface area contributed by atoms with Gasteiger partial charge in [-0.05, 0) is 23.4 Å². The molecule has 0 amide bonds. The van der Waals surface area contributed by atoms with Gasteiger partial charge in [-0.3, -0.25) is 0 Å². The van der Waals surface area contributed by atoms with Crippen molar-refractivity contribution in [1.29, 1.82) is 0 Å². The van der Waals surface area contributed by atoms with Crippen LogP contribution in [0.3, 0.4) is 0 Å². The average Bonchev–Trinajstić information content (AvgIpc) is 2.40. The quantitative estimate of drug-likeness (QED) is 0.661. The van der Waals surface area contributed by atoms with Crippen LogP contribution >= 0.6 is 0 Å². The number of aromatic nitrogens is 1. The molecule has 0 atom stereocenters. The molecule has 0 spiro atoms. The van der Waals surface area contributed by atoms with Crippen LogP contribution in [0.1, 0.15) is 0 Å². The molecule has 0 unspecified atom stereocenters. The Morgan fingerprint density at radius 3 is 2.92 bits per heavy atom. The highest BCUT2D eigenvalue weighted by atomic mass is 19.1. The molecule has 0 bridgehead atoms. The van der Waals surface area contributed by atoms with E-state index >= 15 is 0 Å². The summed E-state index contributed by atoms with van der Waals surface area (Å²) in [6, 6.07) is 3.80. The number of halogens is 1. The maximum absolute atomic E-state index is 12.7. The molecule has 4 nitrogen and oxygen atoms in total. The molecule has 0 aliphatic heterocycles. The Morgan fingerprint density at radius 1 is 1.46 bits per heavy atom. The molecule has 5 heteroatoms. The highest BCUT2D eigenvalue weighted by Crippen LogP contribution is 2.34. The summed E-state index contributed by atoms with van der Waals surface area (Å²) in [6.07, 6.45) is 0. The predicted molar refractivity (Wildman–Crippen MR) is 45.4 cm³/mol. The predicted octanol–water partition coefficient (Wildman–Crippen LogP) is 2.41. The van der Waals surface area contributed by atoms with Gasteiger partial charge < -0.3 is 10.1 Å². The standard InChI is InChI=1S/C8H5FN2O2/c9-4-1-2-6-5(3-4)7(11-13)8(12)10-6/h1-3,10,12H. The van der Waals surface area contributed by atoms with E-state index in [4.69, 9.17) is 5.11 Å². The number of benzene rings is 1. The minimum atomic E-state index is -0.476. The van der Waals surface area contributed by atoms with E-state index in [0.717, 1.165) is 6.07 Å². The Balaban J connectivity index is 2.88. The highest BCUT2D eigenvalue weighted by molar-refractivity contribution is 5.94. The minimum absolute atomic E-state index is 0.158. The molecule has 0 fully saturated rings. The zero-order chi connectivity index (χ0) is 9.42. The fourth-order valence-electron chi connectivity index (χ4n) is 1.23. The molecule has 2 N–H and O–H groups in total. The van der Waals surface area contributed by atoms with Crippen LogP contribution in [0, 0.1) is 10.7 Å². The molecule has 1 aromatic carbocycles. The molecule has 0 aliphatic rings. The average molecular weight is 180 g/mol. The normalized spacial score (nSPS) is 10.5. The van der Waals surface area contributed by atoms with Gasteiger partial charge in [-0.2, -0.15) is 0 Å². The number of hydrogen-bond acceptors (Lipinski definition) is 3. The van der Waals surface area contributed by atoms with Gasteiger partial charge in [0.1, 0.15) is 5.82 Å².